The molecular formula is C13H12NO2S+. The fraction of sp³-hybridized carbons (Fsp3) is 0.0769. The number of carbonyl (C=O) groups is 1. The van der Waals surface area contributed by atoms with Crippen LogP contribution in [-0.4, -0.2) is 10.9 Å². The van der Waals surface area contributed by atoms with Gasteiger partial charge in [-0.2, -0.15) is 0 Å². The van der Waals surface area contributed by atoms with Crippen LogP contribution in [0.1, 0.15) is 16.1 Å². The number of thiol groups is 1. The van der Waals surface area contributed by atoms with Gasteiger partial charge in [-0.3, -0.25) is 4.79 Å². The number of carbonyl (C=O) groups excluding carboxylic acids is 1. The Kier molecular flexibility index (Phi) is 3.44. The molecule has 4 heteroatoms. The molecule has 1 heterocycles. The van der Waals surface area contributed by atoms with E-state index in [1.165, 1.54) is 3.97 Å². The number of hydrogen-bond acceptors (Lipinski definition) is 3. The lowest BCUT2D eigenvalue weighted by atomic mass is 10.1. The van der Waals surface area contributed by atoms with E-state index in [4.69, 9.17) is 0 Å². The van der Waals surface area contributed by atoms with Crippen LogP contribution in [0.25, 0.3) is 0 Å². The average molecular weight is 246 g/mol. The van der Waals surface area contributed by atoms with Gasteiger partial charge < -0.3 is 5.11 Å². The van der Waals surface area contributed by atoms with Gasteiger partial charge in [0.15, 0.2) is 17.7 Å². The Bertz CT molecular complexity index is 520. The summed E-state index contributed by atoms with van der Waals surface area (Å²) in [6, 6.07) is 12.2. The molecule has 0 spiro atoms. The Morgan fingerprint density at radius 1 is 1.18 bits per heavy atom. The standard InChI is InChI=1S/C13H11NO2S/c15-12-7-4-8-14(17)11(12)9-13(16)10-5-2-1-3-6-10/h1-8H,9H2,(H-,15,17)/p+1. The molecule has 0 bridgehead atoms. The first-order chi connectivity index (χ1) is 8.18. The Hall–Kier alpha value is -1.81. The topological polar surface area (TPSA) is 41.2 Å². The van der Waals surface area contributed by atoms with E-state index in [1.54, 1.807) is 30.5 Å². The second-order valence-electron chi connectivity index (χ2n) is 3.65. The Morgan fingerprint density at radius 2 is 1.88 bits per heavy atom. The predicted octanol–water partition coefficient (Wildman–Crippen LogP) is 1.80. The molecule has 0 fully saturated rings. The maximum Gasteiger partial charge on any atom is 0.244 e. The quantitative estimate of drug-likeness (QED) is 0.492. The predicted molar refractivity (Wildman–Crippen MR) is 67.2 cm³/mol. The highest BCUT2D eigenvalue weighted by atomic mass is 32.1. The molecule has 0 saturated heterocycles. The molecule has 0 saturated carbocycles. The third-order valence-electron chi connectivity index (χ3n) is 2.48. The summed E-state index contributed by atoms with van der Waals surface area (Å²) in [5, 5.41) is 9.67. The van der Waals surface area contributed by atoms with E-state index in [0.29, 0.717) is 11.3 Å². The van der Waals surface area contributed by atoms with Gasteiger partial charge in [0.25, 0.3) is 0 Å². The number of pyridine rings is 1. The summed E-state index contributed by atoms with van der Waals surface area (Å²) in [4.78, 5) is 12.0. The summed E-state index contributed by atoms with van der Waals surface area (Å²) >= 11 is 4.16. The molecule has 2 rings (SSSR count). The number of aromatic hydroxyl groups is 1. The summed E-state index contributed by atoms with van der Waals surface area (Å²) < 4.78 is 1.45. The van der Waals surface area contributed by atoms with Gasteiger partial charge in [0, 0.05) is 11.6 Å². The smallest absolute Gasteiger partial charge is 0.244 e. The lowest BCUT2D eigenvalue weighted by Crippen LogP contribution is -2.28. The minimum absolute atomic E-state index is 0.0464. The summed E-state index contributed by atoms with van der Waals surface area (Å²) in [5.41, 5.74) is 1.12. The van der Waals surface area contributed by atoms with Gasteiger partial charge in [0.1, 0.15) is 19.2 Å². The van der Waals surface area contributed by atoms with Crippen molar-refractivity contribution >= 4 is 18.6 Å². The van der Waals surface area contributed by atoms with Crippen molar-refractivity contribution < 1.29 is 13.9 Å². The zero-order valence-electron chi connectivity index (χ0n) is 9.08. The van der Waals surface area contributed by atoms with Gasteiger partial charge in [-0.25, -0.2) is 0 Å². The number of nitrogens with zero attached hydrogens (tertiary/aromatic N) is 1. The van der Waals surface area contributed by atoms with Crippen molar-refractivity contribution in [3.8, 4) is 5.75 Å². The number of benzene rings is 1. The molecule has 0 aliphatic rings. The van der Waals surface area contributed by atoms with Crippen molar-refractivity contribution in [2.24, 2.45) is 0 Å². The zero-order valence-corrected chi connectivity index (χ0v) is 9.97. The largest absolute Gasteiger partial charge is 0.502 e. The van der Waals surface area contributed by atoms with Crippen molar-refractivity contribution in [1.29, 1.82) is 0 Å². The molecule has 0 aliphatic carbocycles. The molecule has 0 unspecified atom stereocenters. The van der Waals surface area contributed by atoms with Gasteiger partial charge in [0.2, 0.25) is 5.69 Å². The normalized spacial score (nSPS) is 10.2. The summed E-state index contributed by atoms with van der Waals surface area (Å²) in [5.74, 6) is 0.0293. The van der Waals surface area contributed by atoms with E-state index in [-0.39, 0.29) is 18.0 Å². The van der Waals surface area contributed by atoms with Crippen LogP contribution >= 0.6 is 12.8 Å². The van der Waals surface area contributed by atoms with E-state index >= 15 is 0 Å². The third-order valence-corrected chi connectivity index (χ3v) is 2.85. The first-order valence-corrected chi connectivity index (χ1v) is 5.58. The van der Waals surface area contributed by atoms with Crippen LogP contribution in [0.5, 0.6) is 5.75 Å². The van der Waals surface area contributed by atoms with E-state index in [9.17, 15) is 9.90 Å². The minimum Gasteiger partial charge on any atom is -0.502 e. The average Bonchev–Trinajstić information content (AvgIpc) is 2.35. The summed E-state index contributed by atoms with van der Waals surface area (Å²) in [7, 11) is 0. The number of ketones is 1. The molecule has 3 nitrogen and oxygen atoms in total. The van der Waals surface area contributed by atoms with Gasteiger partial charge >= 0.3 is 0 Å². The van der Waals surface area contributed by atoms with Crippen molar-refractivity contribution in [3.05, 3.63) is 59.9 Å². The zero-order chi connectivity index (χ0) is 12.3. The number of Topliss-reactive ketones (excluding diaryl/α,β-unsaturated/α-hetero) is 1. The van der Waals surface area contributed by atoms with E-state index in [0.717, 1.165) is 0 Å². The molecule has 1 N–H and O–H groups in total. The highest BCUT2D eigenvalue weighted by Crippen LogP contribution is 2.14. The lowest BCUT2D eigenvalue weighted by Gasteiger charge is -2.01. The summed E-state index contributed by atoms with van der Waals surface area (Å²) in [6.45, 7) is 0. The fourth-order valence-electron chi connectivity index (χ4n) is 1.57. The molecular weight excluding hydrogens is 234 g/mol. The molecule has 1 aromatic heterocycles. The first kappa shape index (κ1) is 11.7. The molecule has 0 amide bonds. The Labute approximate surface area is 105 Å². The van der Waals surface area contributed by atoms with E-state index in [1.807, 2.05) is 18.2 Å². The first-order valence-electron chi connectivity index (χ1n) is 5.18. The van der Waals surface area contributed by atoms with Gasteiger partial charge in [-0.1, -0.05) is 30.3 Å². The number of rotatable bonds is 3. The van der Waals surface area contributed by atoms with Crippen molar-refractivity contribution in [2.75, 3.05) is 0 Å². The van der Waals surface area contributed by atoms with Gasteiger partial charge in [0.05, 0.1) is 0 Å². The lowest BCUT2D eigenvalue weighted by molar-refractivity contribution is -0.499. The van der Waals surface area contributed by atoms with Gasteiger partial charge in [-0.05, 0) is 6.07 Å². The molecule has 2 aromatic rings. The molecule has 0 atom stereocenters. The van der Waals surface area contributed by atoms with Crippen molar-refractivity contribution in [3.63, 3.8) is 0 Å². The molecule has 0 aliphatic heterocycles. The van der Waals surface area contributed by atoms with E-state index in [2.05, 4.69) is 12.8 Å². The molecule has 1 aromatic carbocycles. The summed E-state index contributed by atoms with van der Waals surface area (Å²) in [6.07, 6.45) is 1.80. The van der Waals surface area contributed by atoms with Crippen LogP contribution in [0.3, 0.4) is 0 Å². The Morgan fingerprint density at radius 3 is 2.53 bits per heavy atom. The maximum absolute atomic E-state index is 12.0. The second kappa shape index (κ2) is 5.01. The second-order valence-corrected chi connectivity index (χ2v) is 4.08. The Balaban J connectivity index is 2.25. The van der Waals surface area contributed by atoms with Gasteiger partial charge in [-0.15, -0.1) is 3.97 Å². The van der Waals surface area contributed by atoms with Crippen LogP contribution in [0.15, 0.2) is 48.7 Å². The van der Waals surface area contributed by atoms with E-state index < -0.39 is 0 Å². The molecule has 0 radical (unpaired) electrons. The highest BCUT2D eigenvalue weighted by molar-refractivity contribution is 7.73. The van der Waals surface area contributed by atoms with Crippen LogP contribution in [0.4, 0.5) is 0 Å². The van der Waals surface area contributed by atoms with Crippen LogP contribution in [0, 0.1) is 0 Å². The highest BCUT2D eigenvalue weighted by Gasteiger charge is 2.18. The van der Waals surface area contributed by atoms with Crippen LogP contribution in [0.2, 0.25) is 0 Å². The van der Waals surface area contributed by atoms with Crippen LogP contribution in [-0.2, 0) is 6.42 Å². The number of hydrogen-bond donors (Lipinski definition) is 2. The SMILES string of the molecule is O=C(Cc1c(O)ccc[n+]1S)c1ccccc1. The minimum atomic E-state index is -0.0464. The monoisotopic (exact) mass is 246 g/mol. The number of aromatic nitrogens is 1. The fourth-order valence-corrected chi connectivity index (χ4v) is 1.82. The third kappa shape index (κ3) is 2.65. The maximum atomic E-state index is 12.0. The van der Waals surface area contributed by atoms with Crippen LogP contribution < -0.4 is 3.97 Å². The van der Waals surface area contributed by atoms with Crippen molar-refractivity contribution in [2.45, 2.75) is 6.42 Å². The van der Waals surface area contributed by atoms with Crippen molar-refractivity contribution in [1.82, 2.24) is 0 Å². The molecule has 86 valence electrons. The molecule has 17 heavy (non-hydrogen) atoms.